The molecule has 7 heteroatoms. The summed E-state index contributed by atoms with van der Waals surface area (Å²) >= 11 is 0. The molecule has 0 aromatic heterocycles. The van der Waals surface area contributed by atoms with E-state index in [0.717, 1.165) is 25.0 Å². The Bertz CT molecular complexity index is 611. The lowest BCUT2D eigenvalue weighted by atomic mass is 9.93. The van der Waals surface area contributed by atoms with Gasteiger partial charge in [-0.3, -0.25) is 4.79 Å². The van der Waals surface area contributed by atoms with Gasteiger partial charge in [0, 0.05) is 0 Å². The highest BCUT2D eigenvalue weighted by Crippen LogP contribution is 2.42. The van der Waals surface area contributed by atoms with E-state index in [1.807, 2.05) is 4.72 Å². The van der Waals surface area contributed by atoms with E-state index in [4.69, 9.17) is 5.73 Å². The number of carbonyl (C=O) groups excluding carboxylic acids is 1. The predicted molar refractivity (Wildman–Crippen MR) is 67.3 cm³/mol. The molecule has 0 bridgehead atoms. The molecule has 1 amide bonds. The van der Waals surface area contributed by atoms with E-state index >= 15 is 0 Å². The van der Waals surface area contributed by atoms with Crippen molar-refractivity contribution in [1.29, 1.82) is 0 Å². The Morgan fingerprint density at radius 3 is 2.53 bits per heavy atom. The Morgan fingerprint density at radius 1 is 1.47 bits per heavy atom. The average Bonchev–Trinajstić information content (AvgIpc) is 3.13. The molecular weight excluding hydrogens is 271 g/mol. The quantitative estimate of drug-likeness (QED) is 0.835. The molecular formula is C12H15FN2O3S. The maximum Gasteiger partial charge on any atom is 0.243 e. The predicted octanol–water partition coefficient (Wildman–Crippen LogP) is 0.713. The van der Waals surface area contributed by atoms with Crippen LogP contribution in [0, 0.1) is 11.7 Å². The van der Waals surface area contributed by atoms with E-state index in [2.05, 4.69) is 0 Å². The van der Waals surface area contributed by atoms with Crippen molar-refractivity contribution in [3.05, 3.63) is 29.6 Å². The number of nitrogens with one attached hydrogen (secondary N) is 1. The zero-order valence-electron chi connectivity index (χ0n) is 10.4. The smallest absolute Gasteiger partial charge is 0.243 e. The van der Waals surface area contributed by atoms with Gasteiger partial charge in [0.2, 0.25) is 15.9 Å². The number of carbonyl (C=O) groups is 1. The molecule has 1 atom stereocenters. The van der Waals surface area contributed by atoms with Crippen molar-refractivity contribution >= 4 is 15.9 Å². The van der Waals surface area contributed by atoms with Crippen LogP contribution in [-0.2, 0) is 14.8 Å². The molecule has 1 fully saturated rings. The summed E-state index contributed by atoms with van der Waals surface area (Å²) in [5.74, 6) is -1.78. The van der Waals surface area contributed by atoms with Gasteiger partial charge in [-0.15, -0.1) is 0 Å². The van der Waals surface area contributed by atoms with Crippen LogP contribution in [0.4, 0.5) is 4.39 Å². The van der Waals surface area contributed by atoms with Gasteiger partial charge in [-0.05, 0) is 43.5 Å². The highest BCUT2D eigenvalue weighted by molar-refractivity contribution is 7.89. The molecule has 0 radical (unpaired) electrons. The molecule has 0 heterocycles. The van der Waals surface area contributed by atoms with Crippen LogP contribution >= 0.6 is 0 Å². The molecule has 2 rings (SSSR count). The van der Waals surface area contributed by atoms with Crippen LogP contribution in [0.3, 0.4) is 0 Å². The van der Waals surface area contributed by atoms with Gasteiger partial charge in [-0.25, -0.2) is 17.5 Å². The topological polar surface area (TPSA) is 89.3 Å². The molecule has 1 aromatic rings. The van der Waals surface area contributed by atoms with Crippen LogP contribution in [0.2, 0.25) is 0 Å². The molecule has 1 unspecified atom stereocenters. The standard InChI is InChI=1S/C12H15FN2O3S/c1-15-19(17,18)10-5-4-8(6-9(10)13)11(12(14)16)7-2-3-7/h4-7,11,15H,2-3H2,1H3,(H2,14,16). The van der Waals surface area contributed by atoms with Gasteiger partial charge in [-0.1, -0.05) is 6.07 Å². The maximum absolute atomic E-state index is 13.9. The fraction of sp³-hybridized carbons (Fsp3) is 0.417. The van der Waals surface area contributed by atoms with E-state index in [1.165, 1.54) is 13.1 Å². The first-order chi connectivity index (χ1) is 8.86. The minimum absolute atomic E-state index is 0.142. The Kier molecular flexibility index (Phi) is 3.60. The van der Waals surface area contributed by atoms with E-state index < -0.39 is 32.6 Å². The first-order valence-corrected chi connectivity index (χ1v) is 7.37. The lowest BCUT2D eigenvalue weighted by molar-refractivity contribution is -0.119. The summed E-state index contributed by atoms with van der Waals surface area (Å²) in [6.45, 7) is 0. The summed E-state index contributed by atoms with van der Waals surface area (Å²) in [6.07, 6.45) is 1.76. The van der Waals surface area contributed by atoms with Crippen LogP contribution in [-0.4, -0.2) is 21.4 Å². The average molecular weight is 286 g/mol. The van der Waals surface area contributed by atoms with Crippen LogP contribution in [0.5, 0.6) is 0 Å². The monoisotopic (exact) mass is 286 g/mol. The molecule has 1 aliphatic carbocycles. The number of rotatable bonds is 5. The maximum atomic E-state index is 13.9. The Morgan fingerprint density at radius 2 is 2.11 bits per heavy atom. The zero-order chi connectivity index (χ0) is 14.2. The third-order valence-electron chi connectivity index (χ3n) is 3.27. The van der Waals surface area contributed by atoms with Crippen molar-refractivity contribution in [3.63, 3.8) is 0 Å². The first-order valence-electron chi connectivity index (χ1n) is 5.89. The number of hydrogen-bond donors (Lipinski definition) is 2. The highest BCUT2D eigenvalue weighted by atomic mass is 32.2. The van der Waals surface area contributed by atoms with Crippen LogP contribution in [0.25, 0.3) is 0 Å². The Labute approximate surface area is 111 Å². The van der Waals surface area contributed by atoms with Crippen molar-refractivity contribution in [2.24, 2.45) is 11.7 Å². The van der Waals surface area contributed by atoms with Crippen molar-refractivity contribution in [1.82, 2.24) is 4.72 Å². The highest BCUT2D eigenvalue weighted by Gasteiger charge is 2.36. The second kappa shape index (κ2) is 4.90. The van der Waals surface area contributed by atoms with E-state index in [0.29, 0.717) is 5.56 Å². The molecule has 104 valence electrons. The number of primary amides is 1. The SMILES string of the molecule is CNS(=O)(=O)c1ccc(C(C(N)=O)C2CC2)cc1F. The minimum atomic E-state index is -3.84. The third kappa shape index (κ3) is 2.76. The molecule has 5 nitrogen and oxygen atoms in total. The largest absolute Gasteiger partial charge is 0.369 e. The fourth-order valence-corrected chi connectivity index (χ4v) is 2.92. The van der Waals surface area contributed by atoms with Crippen molar-refractivity contribution < 1.29 is 17.6 Å². The molecule has 1 aliphatic rings. The van der Waals surface area contributed by atoms with Crippen molar-refractivity contribution in [2.75, 3.05) is 7.05 Å². The summed E-state index contributed by atoms with van der Waals surface area (Å²) in [5, 5.41) is 0. The lowest BCUT2D eigenvalue weighted by Gasteiger charge is -2.14. The molecule has 0 aliphatic heterocycles. The summed E-state index contributed by atoms with van der Waals surface area (Å²) in [5.41, 5.74) is 5.75. The Balaban J connectivity index is 2.41. The summed E-state index contributed by atoms with van der Waals surface area (Å²) < 4.78 is 39.0. The number of halogens is 1. The minimum Gasteiger partial charge on any atom is -0.369 e. The van der Waals surface area contributed by atoms with Crippen molar-refractivity contribution in [3.8, 4) is 0 Å². The van der Waals surface area contributed by atoms with Crippen LogP contribution < -0.4 is 10.5 Å². The van der Waals surface area contributed by atoms with Crippen LogP contribution in [0.1, 0.15) is 24.3 Å². The molecule has 1 aromatic carbocycles. The van der Waals surface area contributed by atoms with Crippen LogP contribution in [0.15, 0.2) is 23.1 Å². The second-order valence-electron chi connectivity index (χ2n) is 4.61. The molecule has 0 spiro atoms. The fourth-order valence-electron chi connectivity index (χ4n) is 2.14. The summed E-state index contributed by atoms with van der Waals surface area (Å²) in [4.78, 5) is 11.0. The Hall–Kier alpha value is -1.47. The lowest BCUT2D eigenvalue weighted by Crippen LogP contribution is -2.24. The van der Waals surface area contributed by atoms with Gasteiger partial charge >= 0.3 is 0 Å². The van der Waals surface area contributed by atoms with Gasteiger partial charge in [0.05, 0.1) is 5.92 Å². The van der Waals surface area contributed by atoms with E-state index in [-0.39, 0.29) is 5.92 Å². The molecule has 19 heavy (non-hydrogen) atoms. The molecule has 1 saturated carbocycles. The zero-order valence-corrected chi connectivity index (χ0v) is 11.2. The van der Waals surface area contributed by atoms with Gasteiger partial charge in [0.25, 0.3) is 0 Å². The summed E-state index contributed by atoms with van der Waals surface area (Å²) in [6, 6.07) is 3.69. The second-order valence-corrected chi connectivity index (χ2v) is 6.47. The first kappa shape index (κ1) is 14.0. The van der Waals surface area contributed by atoms with Gasteiger partial charge in [-0.2, -0.15) is 0 Å². The van der Waals surface area contributed by atoms with Gasteiger partial charge in [0.15, 0.2) is 0 Å². The number of nitrogens with two attached hydrogens (primary N) is 1. The molecule has 0 saturated heterocycles. The van der Waals surface area contributed by atoms with Gasteiger partial charge in [0.1, 0.15) is 10.7 Å². The van der Waals surface area contributed by atoms with E-state index in [1.54, 1.807) is 0 Å². The van der Waals surface area contributed by atoms with Crippen molar-refractivity contribution in [2.45, 2.75) is 23.7 Å². The number of benzene rings is 1. The van der Waals surface area contributed by atoms with E-state index in [9.17, 15) is 17.6 Å². The number of hydrogen-bond acceptors (Lipinski definition) is 3. The number of sulfonamides is 1. The summed E-state index contributed by atoms with van der Waals surface area (Å²) in [7, 11) is -2.63. The number of amides is 1. The van der Waals surface area contributed by atoms with Gasteiger partial charge < -0.3 is 5.73 Å². The third-order valence-corrected chi connectivity index (χ3v) is 4.72. The molecule has 3 N–H and O–H groups in total. The normalized spacial score (nSPS) is 17.2.